The van der Waals surface area contributed by atoms with Crippen LogP contribution in [0.5, 0.6) is 0 Å². The van der Waals surface area contributed by atoms with Crippen LogP contribution in [0.1, 0.15) is 49.8 Å². The molecule has 0 saturated carbocycles. The van der Waals surface area contributed by atoms with Crippen molar-refractivity contribution in [1.82, 2.24) is 10.2 Å². The molecule has 0 fully saturated rings. The van der Waals surface area contributed by atoms with E-state index in [1.54, 1.807) is 49.4 Å². The fourth-order valence-electron chi connectivity index (χ4n) is 4.48. The number of sulfonamides is 1. The molecule has 220 valence electrons. The Morgan fingerprint density at radius 1 is 0.951 bits per heavy atom. The van der Waals surface area contributed by atoms with Crippen molar-refractivity contribution in [3.05, 3.63) is 93.5 Å². The Labute approximate surface area is 253 Å². The fraction of sp³-hybridized carbons (Fsp3) is 0.355. The Bertz CT molecular complexity index is 1470. The van der Waals surface area contributed by atoms with E-state index >= 15 is 0 Å². The summed E-state index contributed by atoms with van der Waals surface area (Å²) in [6.07, 6.45) is 2.03. The number of benzene rings is 3. The summed E-state index contributed by atoms with van der Waals surface area (Å²) < 4.78 is 29.1. The molecule has 0 saturated heterocycles. The normalized spacial score (nSPS) is 12.0. The maximum atomic E-state index is 14.2. The monoisotopic (exact) mass is 617 g/mol. The van der Waals surface area contributed by atoms with Crippen molar-refractivity contribution in [2.24, 2.45) is 0 Å². The topological polar surface area (TPSA) is 86.8 Å². The molecule has 0 aliphatic heterocycles. The molecule has 41 heavy (non-hydrogen) atoms. The van der Waals surface area contributed by atoms with Crippen molar-refractivity contribution in [2.75, 3.05) is 17.4 Å². The number of carbonyl (C=O) groups is 2. The molecule has 3 aromatic carbocycles. The predicted molar refractivity (Wildman–Crippen MR) is 166 cm³/mol. The van der Waals surface area contributed by atoms with Gasteiger partial charge in [-0.3, -0.25) is 13.9 Å². The molecule has 0 heterocycles. The number of carbonyl (C=O) groups excluding carboxylic acids is 2. The summed E-state index contributed by atoms with van der Waals surface area (Å²) in [5, 5.41) is 3.71. The van der Waals surface area contributed by atoms with Gasteiger partial charge in [-0.1, -0.05) is 79.9 Å². The quantitative estimate of drug-likeness (QED) is 0.221. The van der Waals surface area contributed by atoms with E-state index in [1.807, 2.05) is 32.9 Å². The summed E-state index contributed by atoms with van der Waals surface area (Å²) in [4.78, 5) is 29.0. The van der Waals surface area contributed by atoms with Crippen LogP contribution in [0, 0.1) is 13.8 Å². The number of hydrogen-bond acceptors (Lipinski definition) is 4. The van der Waals surface area contributed by atoms with Crippen LogP contribution in [0.15, 0.2) is 71.6 Å². The predicted octanol–water partition coefficient (Wildman–Crippen LogP) is 6.53. The average molecular weight is 619 g/mol. The van der Waals surface area contributed by atoms with E-state index in [4.69, 9.17) is 23.2 Å². The summed E-state index contributed by atoms with van der Waals surface area (Å²) in [5.41, 5.74) is 2.53. The van der Waals surface area contributed by atoms with Gasteiger partial charge in [0, 0.05) is 23.1 Å². The number of hydrogen-bond donors (Lipinski definition) is 1. The van der Waals surface area contributed by atoms with Crippen molar-refractivity contribution >= 4 is 50.7 Å². The third-order valence-corrected chi connectivity index (χ3v) is 9.18. The van der Waals surface area contributed by atoms with Crippen molar-refractivity contribution in [3.63, 3.8) is 0 Å². The van der Waals surface area contributed by atoms with Gasteiger partial charge in [-0.25, -0.2) is 8.42 Å². The van der Waals surface area contributed by atoms with Crippen molar-refractivity contribution in [3.8, 4) is 0 Å². The molecule has 1 N–H and O–H groups in total. The van der Waals surface area contributed by atoms with Crippen LogP contribution >= 0.6 is 23.2 Å². The first-order valence-electron chi connectivity index (χ1n) is 13.7. The molecule has 0 aromatic heterocycles. The molecular formula is C31H37Cl2N3O4S. The second-order valence-corrected chi connectivity index (χ2v) is 12.6. The van der Waals surface area contributed by atoms with Gasteiger partial charge < -0.3 is 10.2 Å². The maximum Gasteiger partial charge on any atom is 0.264 e. The molecular weight excluding hydrogens is 581 g/mol. The summed E-state index contributed by atoms with van der Waals surface area (Å²) in [6.45, 7) is 7.47. The first-order chi connectivity index (χ1) is 19.5. The van der Waals surface area contributed by atoms with Crippen molar-refractivity contribution in [1.29, 1.82) is 0 Å². The highest BCUT2D eigenvalue weighted by molar-refractivity contribution is 7.92. The molecule has 3 aromatic rings. The van der Waals surface area contributed by atoms with E-state index in [2.05, 4.69) is 5.32 Å². The highest BCUT2D eigenvalue weighted by Crippen LogP contribution is 2.29. The highest BCUT2D eigenvalue weighted by atomic mass is 35.5. The lowest BCUT2D eigenvalue weighted by Crippen LogP contribution is -2.52. The van der Waals surface area contributed by atoms with Gasteiger partial charge in [0.2, 0.25) is 11.8 Å². The molecule has 3 rings (SSSR count). The van der Waals surface area contributed by atoms with Crippen LogP contribution in [0.4, 0.5) is 5.69 Å². The minimum absolute atomic E-state index is 0.000560. The van der Waals surface area contributed by atoms with Crippen LogP contribution in [0.2, 0.25) is 10.0 Å². The molecule has 0 aliphatic rings. The lowest BCUT2D eigenvalue weighted by molar-refractivity contribution is -0.140. The number of nitrogens with one attached hydrogen (secondary N) is 1. The lowest BCUT2D eigenvalue weighted by atomic mass is 10.1. The van der Waals surface area contributed by atoms with Crippen LogP contribution < -0.4 is 9.62 Å². The summed E-state index contributed by atoms with van der Waals surface area (Å²) in [7, 11) is -4.14. The van der Waals surface area contributed by atoms with Gasteiger partial charge >= 0.3 is 0 Å². The van der Waals surface area contributed by atoms with E-state index in [0.717, 1.165) is 22.7 Å². The van der Waals surface area contributed by atoms with Gasteiger partial charge in [-0.15, -0.1) is 0 Å². The largest absolute Gasteiger partial charge is 0.354 e. The maximum absolute atomic E-state index is 14.2. The van der Waals surface area contributed by atoms with Gasteiger partial charge in [-0.2, -0.15) is 0 Å². The smallest absolute Gasteiger partial charge is 0.264 e. The highest BCUT2D eigenvalue weighted by Gasteiger charge is 2.34. The number of unbranched alkanes of at least 4 members (excludes halogenated alkanes) is 1. The van der Waals surface area contributed by atoms with Crippen LogP contribution in [0.3, 0.4) is 0 Å². The van der Waals surface area contributed by atoms with E-state index in [9.17, 15) is 18.0 Å². The van der Waals surface area contributed by atoms with Crippen LogP contribution in [-0.4, -0.2) is 44.3 Å². The number of amides is 2. The zero-order valence-electron chi connectivity index (χ0n) is 23.9. The van der Waals surface area contributed by atoms with Crippen molar-refractivity contribution < 1.29 is 18.0 Å². The zero-order chi connectivity index (χ0) is 30.2. The molecule has 0 aliphatic carbocycles. The Balaban J connectivity index is 2.09. The summed E-state index contributed by atoms with van der Waals surface area (Å²) in [5.74, 6) is -0.836. The fourth-order valence-corrected chi connectivity index (χ4v) is 6.44. The zero-order valence-corrected chi connectivity index (χ0v) is 26.2. The second-order valence-electron chi connectivity index (χ2n) is 9.94. The first-order valence-corrected chi connectivity index (χ1v) is 15.8. The van der Waals surface area contributed by atoms with Gasteiger partial charge in [0.1, 0.15) is 12.6 Å². The van der Waals surface area contributed by atoms with Crippen LogP contribution in [-0.2, 0) is 26.2 Å². The molecule has 2 amide bonds. The molecule has 0 bridgehead atoms. The lowest BCUT2D eigenvalue weighted by Gasteiger charge is -2.34. The summed E-state index contributed by atoms with van der Waals surface area (Å²) in [6, 6.07) is 17.6. The average Bonchev–Trinajstić information content (AvgIpc) is 2.94. The number of aryl methyl sites for hydroxylation is 2. The minimum Gasteiger partial charge on any atom is -0.354 e. The molecule has 0 unspecified atom stereocenters. The third-order valence-electron chi connectivity index (χ3n) is 6.81. The van der Waals surface area contributed by atoms with E-state index < -0.39 is 28.5 Å². The third kappa shape index (κ3) is 8.24. The van der Waals surface area contributed by atoms with Gasteiger partial charge in [0.15, 0.2) is 0 Å². The molecule has 0 radical (unpaired) electrons. The SMILES string of the molecule is CCCCNC(=O)[C@H](CC)N(Cc1ccc(Cl)cc1Cl)C(=O)CN(c1cc(C)ccc1C)S(=O)(=O)c1ccccc1. The minimum atomic E-state index is -4.14. The first kappa shape index (κ1) is 32.4. The Morgan fingerprint density at radius 2 is 1.66 bits per heavy atom. The van der Waals surface area contributed by atoms with E-state index in [-0.39, 0.29) is 17.3 Å². The number of rotatable bonds is 13. The number of halogens is 2. The second kappa shape index (κ2) is 14.7. The molecule has 7 nitrogen and oxygen atoms in total. The van der Waals surface area contributed by atoms with Gasteiger partial charge in [0.05, 0.1) is 10.6 Å². The number of nitrogens with zero attached hydrogens (tertiary/aromatic N) is 2. The molecule has 10 heteroatoms. The Hall–Kier alpha value is -3.07. The molecule has 0 spiro atoms. The van der Waals surface area contributed by atoms with Gasteiger partial charge in [0.25, 0.3) is 10.0 Å². The van der Waals surface area contributed by atoms with E-state index in [1.165, 1.54) is 17.0 Å². The number of anilines is 1. The van der Waals surface area contributed by atoms with Crippen LogP contribution in [0.25, 0.3) is 0 Å². The van der Waals surface area contributed by atoms with Crippen molar-refractivity contribution in [2.45, 2.75) is 64.4 Å². The standard InChI is InChI=1S/C31H37Cl2N3O4S/c1-5-7-17-34-31(38)28(6-2)35(20-24-15-16-25(32)19-27(24)33)30(37)21-36(29-18-22(3)13-14-23(29)4)41(39,40)26-11-9-8-10-12-26/h8-16,18-19,28H,5-7,17,20-21H2,1-4H3,(H,34,38)/t28-/m0/s1. The van der Waals surface area contributed by atoms with E-state index in [0.29, 0.717) is 39.8 Å². The molecule has 1 atom stereocenters. The Kier molecular flexibility index (Phi) is 11.6. The summed E-state index contributed by atoms with van der Waals surface area (Å²) >= 11 is 12.6. The van der Waals surface area contributed by atoms with Gasteiger partial charge in [-0.05, 0) is 73.7 Å². The Morgan fingerprint density at radius 3 is 2.29 bits per heavy atom.